The smallest absolute Gasteiger partial charge is 0.137 e. The lowest BCUT2D eigenvalue weighted by atomic mass is 10.1. The van der Waals surface area contributed by atoms with Gasteiger partial charge in [-0.2, -0.15) is 0 Å². The molecule has 1 aromatic carbocycles. The molecule has 3 N–H and O–H groups in total. The van der Waals surface area contributed by atoms with Crippen LogP contribution in [0.2, 0.25) is 0 Å². The maximum Gasteiger partial charge on any atom is 0.137 e. The van der Waals surface area contributed by atoms with E-state index in [0.717, 1.165) is 34.0 Å². The van der Waals surface area contributed by atoms with Crippen molar-refractivity contribution in [3.8, 4) is 5.75 Å². The molecule has 0 radical (unpaired) electrons. The summed E-state index contributed by atoms with van der Waals surface area (Å²) in [6.07, 6.45) is 0. The van der Waals surface area contributed by atoms with Crippen LogP contribution in [0.3, 0.4) is 0 Å². The fourth-order valence-electron chi connectivity index (χ4n) is 2.70. The Morgan fingerprint density at radius 3 is 2.90 bits per heavy atom. The van der Waals surface area contributed by atoms with E-state index in [1.807, 2.05) is 38.1 Å². The maximum absolute atomic E-state index is 5.85. The van der Waals surface area contributed by atoms with Gasteiger partial charge < -0.3 is 15.8 Å². The highest BCUT2D eigenvalue weighted by Gasteiger charge is 2.25. The average molecular weight is 299 g/mol. The third kappa shape index (κ3) is 2.56. The second-order valence-electron chi connectivity index (χ2n) is 5.21. The molecule has 0 bridgehead atoms. The highest BCUT2D eigenvalue weighted by Crippen LogP contribution is 2.34. The molecule has 0 saturated heterocycles. The van der Waals surface area contributed by atoms with Crippen LogP contribution in [0.15, 0.2) is 30.3 Å². The van der Waals surface area contributed by atoms with Crippen LogP contribution in [0, 0.1) is 13.8 Å². The van der Waals surface area contributed by atoms with Gasteiger partial charge in [0, 0.05) is 11.3 Å². The molecule has 1 aliphatic rings. The summed E-state index contributed by atoms with van der Waals surface area (Å²) in [5.41, 5.74) is 9.76. The number of hydrogen-bond donors (Lipinski definition) is 2. The van der Waals surface area contributed by atoms with Crippen LogP contribution in [0.4, 0.5) is 5.82 Å². The summed E-state index contributed by atoms with van der Waals surface area (Å²) in [7, 11) is 0. The average Bonchev–Trinajstić information content (AvgIpc) is 2.81. The van der Waals surface area contributed by atoms with Gasteiger partial charge >= 0.3 is 0 Å². The molecule has 5 heteroatoms. The van der Waals surface area contributed by atoms with Crippen LogP contribution in [0.1, 0.15) is 28.4 Å². The number of nitrogens with two attached hydrogens (primary N) is 1. The first kappa shape index (κ1) is 13.8. The number of thiocarbonyl (C=S) groups is 1. The number of rotatable bonds is 3. The topological polar surface area (TPSA) is 60.2 Å². The van der Waals surface area contributed by atoms with Gasteiger partial charge in [-0.1, -0.05) is 30.4 Å². The quantitative estimate of drug-likeness (QED) is 0.853. The van der Waals surface area contributed by atoms with Gasteiger partial charge in [-0.05, 0) is 31.5 Å². The first-order valence-electron chi connectivity index (χ1n) is 6.82. The van der Waals surface area contributed by atoms with Crippen LogP contribution < -0.4 is 15.8 Å². The minimum atomic E-state index is 0.0583. The minimum absolute atomic E-state index is 0.0583. The molecule has 0 amide bonds. The normalized spacial score (nSPS) is 16.2. The molecular formula is C16H17N3OS. The molecule has 4 nitrogen and oxygen atoms in total. The second-order valence-corrected chi connectivity index (χ2v) is 5.65. The summed E-state index contributed by atoms with van der Waals surface area (Å²) in [5, 5.41) is 3.43. The van der Waals surface area contributed by atoms with Gasteiger partial charge in [-0.3, -0.25) is 0 Å². The fraction of sp³-hybridized carbons (Fsp3) is 0.250. The molecule has 1 aromatic heterocycles. The van der Waals surface area contributed by atoms with Crippen molar-refractivity contribution in [3.05, 3.63) is 52.7 Å². The van der Waals surface area contributed by atoms with Crippen LogP contribution >= 0.6 is 12.2 Å². The van der Waals surface area contributed by atoms with E-state index in [0.29, 0.717) is 11.6 Å². The van der Waals surface area contributed by atoms with Crippen molar-refractivity contribution in [2.45, 2.75) is 19.9 Å². The summed E-state index contributed by atoms with van der Waals surface area (Å²) in [5.74, 6) is 1.64. The Morgan fingerprint density at radius 2 is 2.14 bits per heavy atom. The zero-order valence-corrected chi connectivity index (χ0v) is 12.8. The van der Waals surface area contributed by atoms with Gasteiger partial charge in [0.2, 0.25) is 0 Å². The summed E-state index contributed by atoms with van der Waals surface area (Å²) >= 11 is 5.17. The number of anilines is 1. The van der Waals surface area contributed by atoms with E-state index >= 15 is 0 Å². The molecule has 2 heterocycles. The molecule has 3 rings (SSSR count). The molecule has 1 unspecified atom stereocenters. The van der Waals surface area contributed by atoms with Crippen LogP contribution in [0.5, 0.6) is 5.75 Å². The van der Waals surface area contributed by atoms with E-state index in [4.69, 9.17) is 22.7 Å². The van der Waals surface area contributed by atoms with Crippen molar-refractivity contribution in [1.29, 1.82) is 0 Å². The summed E-state index contributed by atoms with van der Waals surface area (Å²) in [6.45, 7) is 4.53. The Bertz CT molecular complexity index is 715. The number of nitrogens with zero attached hydrogens (tertiary/aromatic N) is 1. The number of ether oxygens (including phenoxy) is 1. The fourth-order valence-corrected chi connectivity index (χ4v) is 2.96. The van der Waals surface area contributed by atoms with E-state index in [-0.39, 0.29) is 6.04 Å². The van der Waals surface area contributed by atoms with Crippen molar-refractivity contribution in [2.75, 3.05) is 11.9 Å². The molecule has 0 fully saturated rings. The first-order chi connectivity index (χ1) is 10.1. The molecular weight excluding hydrogens is 282 g/mol. The largest absolute Gasteiger partial charge is 0.491 e. The van der Waals surface area contributed by atoms with Gasteiger partial charge in [0.1, 0.15) is 23.2 Å². The monoisotopic (exact) mass is 299 g/mol. The first-order valence-corrected chi connectivity index (χ1v) is 7.23. The Balaban J connectivity index is 1.98. The van der Waals surface area contributed by atoms with Crippen molar-refractivity contribution in [2.24, 2.45) is 5.73 Å². The van der Waals surface area contributed by atoms with Crippen molar-refractivity contribution in [1.82, 2.24) is 4.98 Å². The molecule has 108 valence electrons. The highest BCUT2D eigenvalue weighted by atomic mass is 32.1. The second kappa shape index (κ2) is 5.33. The van der Waals surface area contributed by atoms with Gasteiger partial charge in [-0.25, -0.2) is 4.98 Å². The number of aryl methyl sites for hydroxylation is 2. The van der Waals surface area contributed by atoms with Crippen molar-refractivity contribution >= 4 is 23.0 Å². The van der Waals surface area contributed by atoms with E-state index in [2.05, 4.69) is 16.4 Å². The third-order valence-corrected chi connectivity index (χ3v) is 3.81. The standard InChI is InChI=1S/C16H17N3OS/c1-9-7-10(2)18-16(14(9)15(17)21)19-12-8-20-13-6-4-3-5-11(12)13/h3-7,12H,8H2,1-2H3,(H2,17,21)(H,18,19). The molecule has 2 aromatic rings. The van der Waals surface area contributed by atoms with E-state index in [9.17, 15) is 0 Å². The van der Waals surface area contributed by atoms with E-state index in [1.54, 1.807) is 0 Å². The molecule has 0 aliphatic carbocycles. The molecule has 0 saturated carbocycles. The van der Waals surface area contributed by atoms with Crippen molar-refractivity contribution in [3.63, 3.8) is 0 Å². The van der Waals surface area contributed by atoms with Crippen LogP contribution in [-0.4, -0.2) is 16.6 Å². The lowest BCUT2D eigenvalue weighted by Crippen LogP contribution is -2.20. The summed E-state index contributed by atoms with van der Waals surface area (Å²) in [6, 6.07) is 10.0. The predicted molar refractivity (Wildman–Crippen MR) is 87.9 cm³/mol. The minimum Gasteiger partial charge on any atom is -0.491 e. The number of aromatic nitrogens is 1. The number of hydrogen-bond acceptors (Lipinski definition) is 4. The SMILES string of the molecule is Cc1cc(C)c(C(N)=S)c(NC2COc3ccccc32)n1. The lowest BCUT2D eigenvalue weighted by Gasteiger charge is -2.17. The van der Waals surface area contributed by atoms with Gasteiger partial charge in [0.25, 0.3) is 0 Å². The third-order valence-electron chi connectivity index (χ3n) is 3.60. The van der Waals surface area contributed by atoms with Crippen LogP contribution in [0.25, 0.3) is 0 Å². The molecule has 1 aliphatic heterocycles. The number of pyridine rings is 1. The highest BCUT2D eigenvalue weighted by molar-refractivity contribution is 7.80. The van der Waals surface area contributed by atoms with Crippen LogP contribution in [-0.2, 0) is 0 Å². The Hall–Kier alpha value is -2.14. The maximum atomic E-state index is 5.85. The Morgan fingerprint density at radius 1 is 1.38 bits per heavy atom. The Labute approximate surface area is 129 Å². The Kier molecular flexibility index (Phi) is 3.51. The van der Waals surface area contributed by atoms with E-state index in [1.165, 1.54) is 0 Å². The zero-order chi connectivity index (χ0) is 15.0. The van der Waals surface area contributed by atoms with E-state index < -0.39 is 0 Å². The zero-order valence-electron chi connectivity index (χ0n) is 12.0. The predicted octanol–water partition coefficient (Wildman–Crippen LogP) is 2.88. The number of nitrogens with one attached hydrogen (secondary N) is 1. The number of benzene rings is 1. The molecule has 21 heavy (non-hydrogen) atoms. The van der Waals surface area contributed by atoms with Crippen molar-refractivity contribution < 1.29 is 4.74 Å². The van der Waals surface area contributed by atoms with Gasteiger partial charge in [0.05, 0.1) is 11.6 Å². The van der Waals surface area contributed by atoms with Gasteiger partial charge in [0.15, 0.2) is 0 Å². The van der Waals surface area contributed by atoms with Gasteiger partial charge in [-0.15, -0.1) is 0 Å². The number of para-hydroxylation sites is 1. The lowest BCUT2D eigenvalue weighted by molar-refractivity contribution is 0.339. The molecule has 1 atom stereocenters. The number of fused-ring (bicyclic) bond motifs is 1. The molecule has 0 spiro atoms. The summed E-state index contributed by atoms with van der Waals surface area (Å²) in [4.78, 5) is 4.91. The summed E-state index contributed by atoms with van der Waals surface area (Å²) < 4.78 is 5.69.